The maximum Gasteiger partial charge on any atom is 0.222 e. The van der Waals surface area contributed by atoms with Gasteiger partial charge in [0.1, 0.15) is 0 Å². The Bertz CT molecular complexity index is 434. The van der Waals surface area contributed by atoms with Crippen LogP contribution in [0.4, 0.5) is 5.69 Å². The third-order valence-electron chi connectivity index (χ3n) is 3.67. The minimum atomic E-state index is 0.305. The summed E-state index contributed by atoms with van der Waals surface area (Å²) in [5.74, 6) is 0.751. The first-order valence-electron chi connectivity index (χ1n) is 7.16. The molecule has 1 aliphatic rings. The van der Waals surface area contributed by atoms with Gasteiger partial charge in [0.2, 0.25) is 5.91 Å². The Morgan fingerprint density at radius 2 is 1.79 bits per heavy atom. The number of benzene rings is 1. The molecule has 0 aromatic heterocycles. The number of hydrogen-bond acceptors (Lipinski definition) is 2. The molecule has 0 bridgehead atoms. The van der Waals surface area contributed by atoms with Crippen LogP contribution in [-0.4, -0.2) is 37.0 Å². The summed E-state index contributed by atoms with van der Waals surface area (Å²) in [6, 6.07) is 8.46. The van der Waals surface area contributed by atoms with Crippen LogP contribution in [0.1, 0.15) is 25.8 Å². The molecule has 1 heterocycles. The van der Waals surface area contributed by atoms with Gasteiger partial charge < -0.3 is 9.80 Å². The molecule has 104 valence electrons. The third-order valence-corrected chi connectivity index (χ3v) is 3.67. The summed E-state index contributed by atoms with van der Waals surface area (Å²) in [5.41, 5.74) is 2.61. The number of nitrogens with zero attached hydrogens (tertiary/aromatic N) is 2. The highest BCUT2D eigenvalue weighted by atomic mass is 16.2. The fraction of sp³-hybridized carbons (Fsp3) is 0.562. The number of anilines is 1. The number of hydrogen-bond donors (Lipinski definition) is 0. The minimum absolute atomic E-state index is 0.305. The molecule has 0 aliphatic carbocycles. The van der Waals surface area contributed by atoms with E-state index in [0.29, 0.717) is 18.2 Å². The second kappa shape index (κ2) is 6.09. The molecule has 3 heteroatoms. The lowest BCUT2D eigenvalue weighted by atomic mass is 10.1. The monoisotopic (exact) mass is 260 g/mol. The normalized spacial score (nSPS) is 16.0. The number of amides is 1. The van der Waals surface area contributed by atoms with Gasteiger partial charge in [0.15, 0.2) is 0 Å². The van der Waals surface area contributed by atoms with Crippen molar-refractivity contribution in [3.05, 3.63) is 29.8 Å². The van der Waals surface area contributed by atoms with Crippen molar-refractivity contribution in [2.45, 2.75) is 27.2 Å². The molecule has 1 saturated heterocycles. The largest absolute Gasteiger partial charge is 0.368 e. The number of rotatable bonds is 3. The quantitative estimate of drug-likeness (QED) is 0.834. The fourth-order valence-electron chi connectivity index (χ4n) is 2.59. The van der Waals surface area contributed by atoms with E-state index in [2.05, 4.69) is 49.9 Å². The van der Waals surface area contributed by atoms with Crippen LogP contribution in [0.3, 0.4) is 0 Å². The Balaban J connectivity index is 1.93. The van der Waals surface area contributed by atoms with Gasteiger partial charge in [0.05, 0.1) is 0 Å². The van der Waals surface area contributed by atoms with Crippen LogP contribution < -0.4 is 4.90 Å². The Labute approximate surface area is 116 Å². The predicted octanol–water partition coefficient (Wildman–Crippen LogP) is 2.69. The molecular formula is C16H24N2O. The molecule has 0 saturated carbocycles. The van der Waals surface area contributed by atoms with Gasteiger partial charge in [0, 0.05) is 38.3 Å². The molecule has 0 unspecified atom stereocenters. The lowest BCUT2D eigenvalue weighted by molar-refractivity contribution is -0.132. The van der Waals surface area contributed by atoms with E-state index < -0.39 is 0 Å². The molecule has 1 aromatic carbocycles. The van der Waals surface area contributed by atoms with Gasteiger partial charge in [-0.25, -0.2) is 0 Å². The molecule has 0 N–H and O–H groups in total. The zero-order valence-corrected chi connectivity index (χ0v) is 12.2. The summed E-state index contributed by atoms with van der Waals surface area (Å²) in [6.45, 7) is 9.91. The van der Waals surface area contributed by atoms with Crippen molar-refractivity contribution in [3.63, 3.8) is 0 Å². The molecule has 0 atom stereocenters. The Morgan fingerprint density at radius 1 is 1.16 bits per heavy atom. The van der Waals surface area contributed by atoms with Gasteiger partial charge in [-0.1, -0.05) is 32.0 Å². The van der Waals surface area contributed by atoms with E-state index in [4.69, 9.17) is 0 Å². The van der Waals surface area contributed by atoms with E-state index in [-0.39, 0.29) is 0 Å². The predicted molar refractivity (Wildman–Crippen MR) is 79.4 cm³/mol. The van der Waals surface area contributed by atoms with Gasteiger partial charge >= 0.3 is 0 Å². The van der Waals surface area contributed by atoms with E-state index >= 15 is 0 Å². The van der Waals surface area contributed by atoms with Gasteiger partial charge in [-0.15, -0.1) is 0 Å². The standard InChI is InChI=1S/C16H24N2O/c1-13(2)12-16(19)18-10-8-17(9-11-18)15-7-5-4-6-14(15)3/h4-7,13H,8-12H2,1-3H3. The first-order chi connectivity index (χ1) is 9.08. The van der Waals surface area contributed by atoms with Gasteiger partial charge in [-0.2, -0.15) is 0 Å². The van der Waals surface area contributed by atoms with Gasteiger partial charge in [-0.3, -0.25) is 4.79 Å². The van der Waals surface area contributed by atoms with Gasteiger partial charge in [0.25, 0.3) is 0 Å². The molecule has 1 aliphatic heterocycles. The Morgan fingerprint density at radius 3 is 2.37 bits per heavy atom. The first kappa shape index (κ1) is 13.9. The van der Waals surface area contributed by atoms with E-state index in [1.165, 1.54) is 11.3 Å². The van der Waals surface area contributed by atoms with Crippen molar-refractivity contribution in [2.75, 3.05) is 31.1 Å². The lowest BCUT2D eigenvalue weighted by Crippen LogP contribution is -2.49. The SMILES string of the molecule is Cc1ccccc1N1CCN(C(=O)CC(C)C)CC1. The maximum atomic E-state index is 12.0. The summed E-state index contributed by atoms with van der Waals surface area (Å²) in [7, 11) is 0. The van der Waals surface area contributed by atoms with Crippen LogP contribution in [0.2, 0.25) is 0 Å². The molecular weight excluding hydrogens is 236 g/mol. The molecule has 3 nitrogen and oxygen atoms in total. The van der Waals surface area contributed by atoms with E-state index in [1.54, 1.807) is 0 Å². The third kappa shape index (κ3) is 3.49. The molecule has 0 radical (unpaired) electrons. The minimum Gasteiger partial charge on any atom is -0.368 e. The molecule has 1 amide bonds. The van der Waals surface area contributed by atoms with Crippen LogP contribution in [0.15, 0.2) is 24.3 Å². The van der Waals surface area contributed by atoms with E-state index in [0.717, 1.165) is 26.2 Å². The summed E-state index contributed by atoms with van der Waals surface area (Å²) >= 11 is 0. The zero-order valence-electron chi connectivity index (χ0n) is 12.2. The average Bonchev–Trinajstić information content (AvgIpc) is 2.39. The molecule has 1 aromatic rings. The molecule has 2 rings (SSSR count). The maximum absolute atomic E-state index is 12.0. The lowest BCUT2D eigenvalue weighted by Gasteiger charge is -2.37. The van der Waals surface area contributed by atoms with Crippen LogP contribution in [0.5, 0.6) is 0 Å². The second-order valence-corrected chi connectivity index (χ2v) is 5.75. The van der Waals surface area contributed by atoms with Crippen molar-refractivity contribution in [1.82, 2.24) is 4.90 Å². The number of aryl methyl sites for hydroxylation is 1. The van der Waals surface area contributed by atoms with E-state index in [1.807, 2.05) is 4.90 Å². The average molecular weight is 260 g/mol. The highest BCUT2D eigenvalue weighted by Crippen LogP contribution is 2.21. The molecule has 1 fully saturated rings. The highest BCUT2D eigenvalue weighted by molar-refractivity contribution is 5.76. The van der Waals surface area contributed by atoms with Crippen molar-refractivity contribution in [2.24, 2.45) is 5.92 Å². The highest BCUT2D eigenvalue weighted by Gasteiger charge is 2.22. The van der Waals surface area contributed by atoms with Crippen LogP contribution in [-0.2, 0) is 4.79 Å². The van der Waals surface area contributed by atoms with Crippen molar-refractivity contribution >= 4 is 11.6 Å². The first-order valence-corrected chi connectivity index (χ1v) is 7.16. The van der Waals surface area contributed by atoms with Crippen LogP contribution in [0, 0.1) is 12.8 Å². The number of carbonyl (C=O) groups is 1. The van der Waals surface area contributed by atoms with Crippen LogP contribution in [0.25, 0.3) is 0 Å². The fourth-order valence-corrected chi connectivity index (χ4v) is 2.59. The molecule has 19 heavy (non-hydrogen) atoms. The van der Waals surface area contributed by atoms with Crippen molar-refractivity contribution in [3.8, 4) is 0 Å². The number of carbonyl (C=O) groups excluding carboxylic acids is 1. The Hall–Kier alpha value is -1.51. The van der Waals surface area contributed by atoms with Crippen molar-refractivity contribution < 1.29 is 4.79 Å². The van der Waals surface area contributed by atoms with Crippen molar-refractivity contribution in [1.29, 1.82) is 0 Å². The molecule has 0 spiro atoms. The van der Waals surface area contributed by atoms with E-state index in [9.17, 15) is 4.79 Å². The summed E-state index contributed by atoms with van der Waals surface area (Å²) in [4.78, 5) is 16.4. The summed E-state index contributed by atoms with van der Waals surface area (Å²) in [5, 5.41) is 0. The van der Waals surface area contributed by atoms with Crippen LogP contribution >= 0.6 is 0 Å². The topological polar surface area (TPSA) is 23.6 Å². The number of piperazine rings is 1. The second-order valence-electron chi connectivity index (χ2n) is 5.75. The summed E-state index contributed by atoms with van der Waals surface area (Å²) in [6.07, 6.45) is 0.671. The summed E-state index contributed by atoms with van der Waals surface area (Å²) < 4.78 is 0. The van der Waals surface area contributed by atoms with Gasteiger partial charge in [-0.05, 0) is 24.5 Å². The number of para-hydroxylation sites is 1. The zero-order chi connectivity index (χ0) is 13.8. The smallest absolute Gasteiger partial charge is 0.222 e. The Kier molecular flexibility index (Phi) is 4.46.